The van der Waals surface area contributed by atoms with Gasteiger partial charge in [-0.3, -0.25) is 19.8 Å². The quantitative estimate of drug-likeness (QED) is 0.694. The van der Waals surface area contributed by atoms with Gasteiger partial charge in [-0.1, -0.05) is 6.92 Å². The van der Waals surface area contributed by atoms with E-state index < -0.39 is 0 Å². The van der Waals surface area contributed by atoms with E-state index in [1.54, 1.807) is 0 Å². The first-order chi connectivity index (χ1) is 8.19. The predicted molar refractivity (Wildman–Crippen MR) is 64.5 cm³/mol. The van der Waals surface area contributed by atoms with Crippen molar-refractivity contribution in [1.29, 1.82) is 0 Å². The Morgan fingerprint density at radius 1 is 1.18 bits per heavy atom. The standard InChI is InChI=1S/C12H21N3O2/c1-2-5-14-6-3-10(4-7-14)15-8-11(16)13-12(17)9-15/h10H,2-9H2,1H3,(H,13,16,17). The van der Waals surface area contributed by atoms with Gasteiger partial charge in [-0.15, -0.1) is 0 Å². The van der Waals surface area contributed by atoms with Crippen molar-refractivity contribution < 1.29 is 9.59 Å². The lowest BCUT2D eigenvalue weighted by molar-refractivity contribution is -0.137. The van der Waals surface area contributed by atoms with Crippen molar-refractivity contribution in [3.05, 3.63) is 0 Å². The molecule has 2 rings (SSSR count). The molecule has 5 heteroatoms. The van der Waals surface area contributed by atoms with Crippen molar-refractivity contribution in [3.63, 3.8) is 0 Å². The van der Waals surface area contributed by atoms with Crippen molar-refractivity contribution in [2.45, 2.75) is 32.2 Å². The van der Waals surface area contributed by atoms with Gasteiger partial charge in [0.15, 0.2) is 0 Å². The molecule has 5 nitrogen and oxygen atoms in total. The molecule has 2 fully saturated rings. The first-order valence-electron chi connectivity index (χ1n) is 6.48. The summed E-state index contributed by atoms with van der Waals surface area (Å²) in [7, 11) is 0. The molecule has 1 N–H and O–H groups in total. The van der Waals surface area contributed by atoms with Gasteiger partial charge < -0.3 is 4.90 Å². The molecule has 0 aromatic rings. The fraction of sp³-hybridized carbons (Fsp3) is 0.833. The van der Waals surface area contributed by atoms with E-state index in [1.165, 1.54) is 6.42 Å². The number of nitrogens with zero attached hydrogens (tertiary/aromatic N) is 2. The largest absolute Gasteiger partial charge is 0.303 e. The van der Waals surface area contributed by atoms with E-state index >= 15 is 0 Å². The molecule has 2 saturated heterocycles. The highest BCUT2D eigenvalue weighted by Crippen LogP contribution is 2.17. The van der Waals surface area contributed by atoms with E-state index in [4.69, 9.17) is 0 Å². The fourth-order valence-corrected chi connectivity index (χ4v) is 2.74. The second-order valence-corrected chi connectivity index (χ2v) is 4.95. The molecule has 0 aliphatic carbocycles. The predicted octanol–water partition coefficient (Wildman–Crippen LogP) is -0.181. The van der Waals surface area contributed by atoms with E-state index in [-0.39, 0.29) is 11.8 Å². The summed E-state index contributed by atoms with van der Waals surface area (Å²) < 4.78 is 0. The summed E-state index contributed by atoms with van der Waals surface area (Å²) in [6.07, 6.45) is 3.33. The van der Waals surface area contributed by atoms with E-state index in [0.717, 1.165) is 32.5 Å². The topological polar surface area (TPSA) is 52.6 Å². The smallest absolute Gasteiger partial charge is 0.240 e. The Morgan fingerprint density at radius 3 is 2.29 bits per heavy atom. The lowest BCUT2D eigenvalue weighted by Crippen LogP contribution is -2.56. The third kappa shape index (κ3) is 3.26. The van der Waals surface area contributed by atoms with Crippen molar-refractivity contribution in [2.24, 2.45) is 0 Å². The van der Waals surface area contributed by atoms with Gasteiger partial charge in [0.2, 0.25) is 11.8 Å². The molecule has 2 aliphatic rings. The summed E-state index contributed by atoms with van der Waals surface area (Å²) in [6, 6.07) is 0.401. The van der Waals surface area contributed by atoms with Gasteiger partial charge in [0, 0.05) is 6.04 Å². The van der Waals surface area contributed by atoms with Crippen molar-refractivity contribution in [3.8, 4) is 0 Å². The van der Waals surface area contributed by atoms with Crippen molar-refractivity contribution >= 4 is 11.8 Å². The summed E-state index contributed by atoms with van der Waals surface area (Å²) in [5.74, 6) is -0.311. The van der Waals surface area contributed by atoms with Crippen LogP contribution in [-0.2, 0) is 9.59 Å². The molecule has 2 amide bonds. The van der Waals surface area contributed by atoms with Gasteiger partial charge in [0.25, 0.3) is 0 Å². The molecule has 2 heterocycles. The zero-order chi connectivity index (χ0) is 12.3. The number of rotatable bonds is 3. The fourth-order valence-electron chi connectivity index (χ4n) is 2.74. The van der Waals surface area contributed by atoms with E-state index in [1.807, 2.05) is 4.90 Å². The molecule has 0 aromatic carbocycles. The van der Waals surface area contributed by atoms with Gasteiger partial charge in [0.05, 0.1) is 13.1 Å². The number of carbonyl (C=O) groups is 2. The van der Waals surface area contributed by atoms with E-state index in [2.05, 4.69) is 17.1 Å². The van der Waals surface area contributed by atoms with Gasteiger partial charge in [-0.25, -0.2) is 0 Å². The number of likely N-dealkylation sites (tertiary alicyclic amines) is 1. The minimum atomic E-state index is -0.155. The maximum absolute atomic E-state index is 11.3. The molecular formula is C12H21N3O2. The van der Waals surface area contributed by atoms with Crippen LogP contribution in [0.5, 0.6) is 0 Å². The SMILES string of the molecule is CCCN1CCC(N2CC(=O)NC(=O)C2)CC1. The monoisotopic (exact) mass is 239 g/mol. The zero-order valence-corrected chi connectivity index (χ0v) is 10.4. The molecule has 0 radical (unpaired) electrons. The van der Waals surface area contributed by atoms with Gasteiger partial charge in [0.1, 0.15) is 0 Å². The van der Waals surface area contributed by atoms with Crippen LogP contribution in [0.25, 0.3) is 0 Å². The molecule has 0 atom stereocenters. The van der Waals surface area contributed by atoms with Crippen LogP contribution < -0.4 is 5.32 Å². The number of carbonyl (C=O) groups excluding carboxylic acids is 2. The lowest BCUT2D eigenvalue weighted by Gasteiger charge is -2.39. The molecule has 17 heavy (non-hydrogen) atoms. The second-order valence-electron chi connectivity index (χ2n) is 4.95. The Hall–Kier alpha value is -0.940. The minimum absolute atomic E-state index is 0.155. The summed E-state index contributed by atoms with van der Waals surface area (Å²) in [5, 5.41) is 2.35. The highest BCUT2D eigenvalue weighted by molar-refractivity contribution is 5.99. The van der Waals surface area contributed by atoms with E-state index in [0.29, 0.717) is 19.1 Å². The maximum Gasteiger partial charge on any atom is 0.240 e. The first-order valence-corrected chi connectivity index (χ1v) is 6.48. The Kier molecular flexibility index (Phi) is 4.12. The van der Waals surface area contributed by atoms with Crippen LogP contribution in [0.1, 0.15) is 26.2 Å². The van der Waals surface area contributed by atoms with Crippen molar-refractivity contribution in [2.75, 3.05) is 32.7 Å². The average molecular weight is 239 g/mol. The minimum Gasteiger partial charge on any atom is -0.303 e. The third-order valence-corrected chi connectivity index (χ3v) is 3.59. The molecule has 0 spiro atoms. The van der Waals surface area contributed by atoms with Crippen LogP contribution in [0.3, 0.4) is 0 Å². The van der Waals surface area contributed by atoms with Gasteiger partial charge >= 0.3 is 0 Å². The highest BCUT2D eigenvalue weighted by Gasteiger charge is 2.30. The zero-order valence-electron chi connectivity index (χ0n) is 10.4. The molecule has 0 saturated carbocycles. The van der Waals surface area contributed by atoms with E-state index in [9.17, 15) is 9.59 Å². The van der Waals surface area contributed by atoms with Crippen LogP contribution in [-0.4, -0.2) is 60.4 Å². The van der Waals surface area contributed by atoms with Crippen LogP contribution >= 0.6 is 0 Å². The Morgan fingerprint density at radius 2 is 1.76 bits per heavy atom. The number of imide groups is 1. The molecule has 2 aliphatic heterocycles. The lowest BCUT2D eigenvalue weighted by atomic mass is 10.0. The average Bonchev–Trinajstić information content (AvgIpc) is 2.29. The third-order valence-electron chi connectivity index (χ3n) is 3.59. The molecule has 0 bridgehead atoms. The maximum atomic E-state index is 11.3. The normalized spacial score (nSPS) is 25.0. The number of hydrogen-bond acceptors (Lipinski definition) is 4. The molecule has 0 unspecified atom stereocenters. The number of piperidine rings is 1. The molecular weight excluding hydrogens is 218 g/mol. The summed E-state index contributed by atoms with van der Waals surface area (Å²) in [4.78, 5) is 27.1. The van der Waals surface area contributed by atoms with Crippen LogP contribution in [0.2, 0.25) is 0 Å². The Balaban J connectivity index is 1.83. The van der Waals surface area contributed by atoms with Crippen molar-refractivity contribution in [1.82, 2.24) is 15.1 Å². The number of hydrogen-bond donors (Lipinski definition) is 1. The number of nitrogens with one attached hydrogen (secondary N) is 1. The first kappa shape index (κ1) is 12.5. The number of amides is 2. The molecule has 0 aromatic heterocycles. The van der Waals surface area contributed by atoms with Crippen LogP contribution in [0, 0.1) is 0 Å². The van der Waals surface area contributed by atoms with Gasteiger partial charge in [-0.05, 0) is 38.9 Å². The van der Waals surface area contributed by atoms with Crippen LogP contribution in [0.4, 0.5) is 0 Å². The highest BCUT2D eigenvalue weighted by atomic mass is 16.2. The Labute approximate surface area is 102 Å². The summed E-state index contributed by atoms with van der Waals surface area (Å²) in [5.41, 5.74) is 0. The molecule has 96 valence electrons. The Bertz CT molecular complexity index is 282. The van der Waals surface area contributed by atoms with Gasteiger partial charge in [-0.2, -0.15) is 0 Å². The second kappa shape index (κ2) is 5.60. The number of piperazine rings is 1. The summed E-state index contributed by atoms with van der Waals surface area (Å²) in [6.45, 7) is 6.29. The van der Waals surface area contributed by atoms with Crippen LogP contribution in [0.15, 0.2) is 0 Å². The summed E-state index contributed by atoms with van der Waals surface area (Å²) >= 11 is 0.